The Morgan fingerprint density at radius 3 is 2.69 bits per heavy atom. The average Bonchev–Trinajstić information content (AvgIpc) is 3.23. The summed E-state index contributed by atoms with van der Waals surface area (Å²) in [6, 6.07) is 18.5. The minimum Gasteiger partial charge on any atom is -0.336 e. The first-order chi connectivity index (χ1) is 12.8. The number of carbonyl (C=O) groups is 1. The maximum Gasteiger partial charge on any atom is 0.253 e. The van der Waals surface area contributed by atoms with Crippen molar-refractivity contribution in [2.45, 2.75) is 12.5 Å². The predicted octanol–water partition coefficient (Wildman–Crippen LogP) is 3.47. The van der Waals surface area contributed by atoms with Crippen molar-refractivity contribution in [1.29, 1.82) is 0 Å². The molecule has 1 atom stereocenters. The molecule has 1 aliphatic rings. The van der Waals surface area contributed by atoms with Gasteiger partial charge in [0.15, 0.2) is 0 Å². The standard InChI is InChI=1S/C21H21N3OS/c25-21(18-8-6-17(7-9-18)20-14-26-15-23-20)24-11-10-22-19(13-24)12-16-4-2-1-3-5-16/h1-9,14-15,19,22H,10-13H2. The number of nitrogens with one attached hydrogen (secondary N) is 1. The Balaban J connectivity index is 1.42. The second kappa shape index (κ2) is 7.81. The SMILES string of the molecule is O=C(c1ccc(-c2cscn2)cc1)N1CCNC(Cc2ccccc2)C1. The van der Waals surface area contributed by atoms with Crippen LogP contribution in [-0.2, 0) is 6.42 Å². The zero-order chi connectivity index (χ0) is 17.8. The second-order valence-electron chi connectivity index (χ2n) is 6.54. The van der Waals surface area contributed by atoms with Gasteiger partial charge in [0.25, 0.3) is 5.91 Å². The molecule has 132 valence electrons. The van der Waals surface area contributed by atoms with E-state index in [1.54, 1.807) is 11.3 Å². The molecule has 1 N–H and O–H groups in total. The van der Waals surface area contributed by atoms with E-state index in [1.165, 1.54) is 5.56 Å². The number of benzene rings is 2. The second-order valence-corrected chi connectivity index (χ2v) is 7.26. The number of nitrogens with zero attached hydrogens (tertiary/aromatic N) is 2. The van der Waals surface area contributed by atoms with Gasteiger partial charge in [-0.15, -0.1) is 11.3 Å². The van der Waals surface area contributed by atoms with Crippen molar-refractivity contribution < 1.29 is 4.79 Å². The zero-order valence-corrected chi connectivity index (χ0v) is 15.3. The van der Waals surface area contributed by atoms with Crippen molar-refractivity contribution in [2.75, 3.05) is 19.6 Å². The lowest BCUT2D eigenvalue weighted by atomic mass is 10.0. The molecule has 1 saturated heterocycles. The van der Waals surface area contributed by atoms with E-state index in [-0.39, 0.29) is 5.91 Å². The molecule has 0 saturated carbocycles. The van der Waals surface area contributed by atoms with Gasteiger partial charge >= 0.3 is 0 Å². The molecular weight excluding hydrogens is 342 g/mol. The first-order valence-corrected chi connectivity index (χ1v) is 9.79. The van der Waals surface area contributed by atoms with E-state index in [1.807, 2.05) is 46.1 Å². The third-order valence-electron chi connectivity index (χ3n) is 4.73. The van der Waals surface area contributed by atoms with Crippen LogP contribution >= 0.6 is 11.3 Å². The maximum atomic E-state index is 12.9. The van der Waals surface area contributed by atoms with Crippen LogP contribution in [0.3, 0.4) is 0 Å². The van der Waals surface area contributed by atoms with Crippen LogP contribution in [0.25, 0.3) is 11.3 Å². The number of aromatic nitrogens is 1. The average molecular weight is 363 g/mol. The first kappa shape index (κ1) is 16.9. The molecule has 3 aromatic rings. The van der Waals surface area contributed by atoms with Gasteiger partial charge in [-0.1, -0.05) is 42.5 Å². The summed E-state index contributed by atoms with van der Waals surface area (Å²) in [5, 5.41) is 5.55. The highest BCUT2D eigenvalue weighted by Crippen LogP contribution is 2.20. The van der Waals surface area contributed by atoms with Gasteiger partial charge in [0.05, 0.1) is 11.2 Å². The Morgan fingerprint density at radius 2 is 1.96 bits per heavy atom. The van der Waals surface area contributed by atoms with Crippen LogP contribution in [0, 0.1) is 0 Å². The van der Waals surface area contributed by atoms with E-state index in [0.717, 1.165) is 42.9 Å². The van der Waals surface area contributed by atoms with Gasteiger partial charge < -0.3 is 10.2 Å². The summed E-state index contributed by atoms with van der Waals surface area (Å²) >= 11 is 1.58. The molecular formula is C21H21N3OS. The van der Waals surface area contributed by atoms with Crippen LogP contribution in [0.5, 0.6) is 0 Å². The summed E-state index contributed by atoms with van der Waals surface area (Å²) < 4.78 is 0. The van der Waals surface area contributed by atoms with Crippen LogP contribution in [0.15, 0.2) is 65.5 Å². The van der Waals surface area contributed by atoms with Crippen molar-refractivity contribution in [3.63, 3.8) is 0 Å². The van der Waals surface area contributed by atoms with Crippen molar-refractivity contribution in [1.82, 2.24) is 15.2 Å². The summed E-state index contributed by atoms with van der Waals surface area (Å²) in [6.45, 7) is 2.32. The van der Waals surface area contributed by atoms with Crippen molar-refractivity contribution in [2.24, 2.45) is 0 Å². The third-order valence-corrected chi connectivity index (χ3v) is 5.31. The van der Waals surface area contributed by atoms with Crippen molar-refractivity contribution in [3.8, 4) is 11.3 Å². The molecule has 1 amide bonds. The number of thiazole rings is 1. The molecule has 26 heavy (non-hydrogen) atoms. The number of rotatable bonds is 4. The van der Waals surface area contributed by atoms with E-state index < -0.39 is 0 Å². The Kier molecular flexibility index (Phi) is 5.09. The van der Waals surface area contributed by atoms with Gasteiger partial charge in [-0.25, -0.2) is 4.98 Å². The summed E-state index contributed by atoms with van der Waals surface area (Å²) in [4.78, 5) is 19.2. The number of hydrogen-bond donors (Lipinski definition) is 1. The van der Waals surface area contributed by atoms with E-state index in [2.05, 4.69) is 34.6 Å². The fraction of sp³-hybridized carbons (Fsp3) is 0.238. The number of piperazine rings is 1. The molecule has 0 radical (unpaired) electrons. The smallest absolute Gasteiger partial charge is 0.253 e. The highest BCUT2D eigenvalue weighted by Gasteiger charge is 2.24. The quantitative estimate of drug-likeness (QED) is 0.772. The molecule has 1 aliphatic heterocycles. The summed E-state index contributed by atoms with van der Waals surface area (Å²) in [7, 11) is 0. The normalized spacial score (nSPS) is 17.2. The molecule has 2 aromatic carbocycles. The van der Waals surface area contributed by atoms with Crippen LogP contribution in [0.4, 0.5) is 0 Å². The monoisotopic (exact) mass is 363 g/mol. The lowest BCUT2D eigenvalue weighted by Gasteiger charge is -2.34. The van der Waals surface area contributed by atoms with Gasteiger partial charge in [0.2, 0.25) is 0 Å². The lowest BCUT2D eigenvalue weighted by molar-refractivity contribution is 0.0703. The summed E-state index contributed by atoms with van der Waals surface area (Å²) in [5.41, 5.74) is 5.86. The van der Waals surface area contributed by atoms with Crippen LogP contribution in [0.2, 0.25) is 0 Å². The lowest BCUT2D eigenvalue weighted by Crippen LogP contribution is -2.53. The zero-order valence-electron chi connectivity index (χ0n) is 14.5. The van der Waals surface area contributed by atoms with Gasteiger partial charge in [0.1, 0.15) is 0 Å². The van der Waals surface area contributed by atoms with E-state index in [4.69, 9.17) is 0 Å². The Bertz CT molecular complexity index is 847. The van der Waals surface area contributed by atoms with Crippen molar-refractivity contribution in [3.05, 3.63) is 76.6 Å². The largest absolute Gasteiger partial charge is 0.336 e. The summed E-state index contributed by atoms with van der Waals surface area (Å²) in [5.74, 6) is 0.106. The number of carbonyl (C=O) groups excluding carboxylic acids is 1. The third kappa shape index (κ3) is 3.84. The minimum atomic E-state index is 0.106. The van der Waals surface area contributed by atoms with E-state index in [0.29, 0.717) is 6.04 Å². The molecule has 5 heteroatoms. The predicted molar refractivity (Wildman–Crippen MR) is 105 cm³/mol. The summed E-state index contributed by atoms with van der Waals surface area (Å²) in [6.07, 6.45) is 0.938. The maximum absolute atomic E-state index is 12.9. The van der Waals surface area contributed by atoms with E-state index in [9.17, 15) is 4.79 Å². The van der Waals surface area contributed by atoms with Gasteiger partial charge in [-0.3, -0.25) is 4.79 Å². The Morgan fingerprint density at radius 1 is 1.15 bits per heavy atom. The Labute approximate surface area is 157 Å². The molecule has 1 unspecified atom stereocenters. The highest BCUT2D eigenvalue weighted by molar-refractivity contribution is 7.07. The Hall–Kier alpha value is -2.50. The molecule has 0 aliphatic carbocycles. The van der Waals surface area contributed by atoms with Gasteiger partial charge in [-0.05, 0) is 24.1 Å². The molecule has 0 spiro atoms. The molecule has 0 bridgehead atoms. The molecule has 4 rings (SSSR count). The van der Waals surface area contributed by atoms with Crippen LogP contribution in [0.1, 0.15) is 15.9 Å². The molecule has 4 nitrogen and oxygen atoms in total. The topological polar surface area (TPSA) is 45.2 Å². The number of amides is 1. The minimum absolute atomic E-state index is 0.106. The van der Waals surface area contributed by atoms with Gasteiger partial charge in [-0.2, -0.15) is 0 Å². The fourth-order valence-corrected chi connectivity index (χ4v) is 3.93. The van der Waals surface area contributed by atoms with Gasteiger partial charge in [0, 0.05) is 42.2 Å². The van der Waals surface area contributed by atoms with Crippen molar-refractivity contribution >= 4 is 17.2 Å². The number of hydrogen-bond acceptors (Lipinski definition) is 4. The molecule has 1 fully saturated rings. The van der Waals surface area contributed by atoms with Crippen LogP contribution < -0.4 is 5.32 Å². The fourth-order valence-electron chi connectivity index (χ4n) is 3.37. The molecule has 1 aromatic heterocycles. The van der Waals surface area contributed by atoms with Crippen LogP contribution in [-0.4, -0.2) is 41.5 Å². The molecule has 2 heterocycles. The van der Waals surface area contributed by atoms with E-state index >= 15 is 0 Å². The first-order valence-electron chi connectivity index (χ1n) is 8.85. The highest BCUT2D eigenvalue weighted by atomic mass is 32.1.